The second-order valence-electron chi connectivity index (χ2n) is 7.74. The molecule has 1 aromatic carbocycles. The van der Waals surface area contributed by atoms with Crippen molar-refractivity contribution in [2.45, 2.75) is 38.3 Å². The van der Waals surface area contributed by atoms with E-state index in [4.69, 9.17) is 9.72 Å². The number of methoxy groups -OCH3 is 1. The molecule has 4 rings (SSSR count). The van der Waals surface area contributed by atoms with Gasteiger partial charge in [-0.2, -0.15) is 4.98 Å². The van der Waals surface area contributed by atoms with Crippen LogP contribution in [0.15, 0.2) is 30.3 Å². The molecule has 2 aromatic heterocycles. The average Bonchev–Trinajstić information content (AvgIpc) is 3.39. The molecule has 0 N–H and O–H groups in total. The Morgan fingerprint density at radius 1 is 1.23 bits per heavy atom. The summed E-state index contributed by atoms with van der Waals surface area (Å²) in [6, 6.07) is 10.1. The van der Waals surface area contributed by atoms with Crippen molar-refractivity contribution in [3.8, 4) is 0 Å². The van der Waals surface area contributed by atoms with Crippen LogP contribution in [0, 0.1) is 0 Å². The van der Waals surface area contributed by atoms with E-state index in [1.807, 2.05) is 37.2 Å². The Balaban J connectivity index is 1.57. The molecule has 1 aliphatic heterocycles. The number of ketones is 1. The minimum Gasteiger partial charge on any atom is -0.377 e. The maximum absolute atomic E-state index is 13.0. The van der Waals surface area contributed by atoms with Crippen LogP contribution < -0.4 is 9.80 Å². The highest BCUT2D eigenvalue weighted by Crippen LogP contribution is 2.36. The summed E-state index contributed by atoms with van der Waals surface area (Å²) in [7, 11) is 5.55. The van der Waals surface area contributed by atoms with Crippen LogP contribution in [0.4, 0.5) is 10.9 Å². The molecule has 0 unspecified atom stereocenters. The zero-order valence-corrected chi connectivity index (χ0v) is 18.5. The van der Waals surface area contributed by atoms with Crippen molar-refractivity contribution < 1.29 is 9.53 Å². The highest BCUT2D eigenvalue weighted by atomic mass is 32.1. The molecule has 0 amide bonds. The number of hydrogen-bond acceptors (Lipinski definition) is 8. The van der Waals surface area contributed by atoms with Crippen LogP contribution in [0.25, 0.3) is 10.3 Å². The van der Waals surface area contributed by atoms with Gasteiger partial charge in [0.2, 0.25) is 0 Å². The quantitative estimate of drug-likeness (QED) is 0.547. The van der Waals surface area contributed by atoms with Crippen molar-refractivity contribution in [2.75, 3.05) is 37.5 Å². The van der Waals surface area contributed by atoms with Crippen molar-refractivity contribution in [3.63, 3.8) is 0 Å². The SMILES string of the molecule is COCc1nc(N(C)C)c2sc(N3CCC[C@@H]3C(=O)CCc3ccccc3)nc2n1. The third-order valence-electron chi connectivity index (χ3n) is 5.34. The summed E-state index contributed by atoms with van der Waals surface area (Å²) in [5.41, 5.74) is 1.87. The van der Waals surface area contributed by atoms with Gasteiger partial charge in [0.1, 0.15) is 11.3 Å². The van der Waals surface area contributed by atoms with Crippen LogP contribution in [0.5, 0.6) is 0 Å². The molecule has 30 heavy (non-hydrogen) atoms. The smallest absolute Gasteiger partial charge is 0.188 e. The number of Topliss-reactive ketones (excluding diaryl/α,β-unsaturated/α-hetero) is 1. The molecule has 0 saturated carbocycles. The number of carbonyl (C=O) groups is 1. The summed E-state index contributed by atoms with van der Waals surface area (Å²) in [5.74, 6) is 1.74. The molecule has 7 nitrogen and oxygen atoms in total. The highest BCUT2D eigenvalue weighted by Gasteiger charge is 2.32. The number of aromatic nitrogens is 3. The molecule has 0 radical (unpaired) electrons. The Bertz CT molecular complexity index is 1020. The Hall–Kier alpha value is -2.58. The van der Waals surface area contributed by atoms with Crippen LogP contribution in [-0.2, 0) is 22.6 Å². The molecule has 158 valence electrons. The van der Waals surface area contributed by atoms with Crippen molar-refractivity contribution in [1.82, 2.24) is 15.0 Å². The maximum Gasteiger partial charge on any atom is 0.188 e. The van der Waals surface area contributed by atoms with Crippen LogP contribution in [0.2, 0.25) is 0 Å². The van der Waals surface area contributed by atoms with Gasteiger partial charge in [-0.25, -0.2) is 9.97 Å². The molecule has 1 aliphatic rings. The van der Waals surface area contributed by atoms with Crippen LogP contribution in [0.3, 0.4) is 0 Å². The molecule has 1 fully saturated rings. The van der Waals surface area contributed by atoms with Gasteiger partial charge in [0.15, 0.2) is 28.2 Å². The summed E-state index contributed by atoms with van der Waals surface area (Å²) < 4.78 is 6.15. The number of thiazole rings is 1. The van der Waals surface area contributed by atoms with Gasteiger partial charge in [-0.05, 0) is 24.8 Å². The predicted molar refractivity (Wildman–Crippen MR) is 120 cm³/mol. The number of rotatable bonds is 8. The van der Waals surface area contributed by atoms with E-state index >= 15 is 0 Å². The van der Waals surface area contributed by atoms with Crippen LogP contribution >= 0.6 is 11.3 Å². The fraction of sp³-hybridized carbons (Fsp3) is 0.455. The number of nitrogens with zero attached hydrogens (tertiary/aromatic N) is 5. The summed E-state index contributed by atoms with van der Waals surface area (Å²) >= 11 is 1.57. The monoisotopic (exact) mass is 425 g/mol. The normalized spacial score (nSPS) is 16.4. The van der Waals surface area contributed by atoms with Gasteiger partial charge in [-0.3, -0.25) is 4.79 Å². The third-order valence-corrected chi connectivity index (χ3v) is 6.42. The van der Waals surface area contributed by atoms with Gasteiger partial charge in [-0.1, -0.05) is 41.7 Å². The van der Waals surface area contributed by atoms with E-state index in [2.05, 4.69) is 27.0 Å². The largest absolute Gasteiger partial charge is 0.377 e. The van der Waals surface area contributed by atoms with E-state index in [0.29, 0.717) is 24.5 Å². The first-order valence-corrected chi connectivity index (χ1v) is 11.1. The van der Waals surface area contributed by atoms with E-state index in [1.54, 1.807) is 18.4 Å². The molecule has 3 aromatic rings. The molecule has 0 bridgehead atoms. The standard InChI is InChI=1S/C22H27N5O2S/c1-26(2)21-19-20(23-18(24-21)14-29-3)25-22(30-19)27-13-7-10-16(27)17(28)12-11-15-8-5-4-6-9-15/h4-6,8-9,16H,7,10-14H2,1-3H3/t16-/m1/s1. The molecule has 1 saturated heterocycles. The van der Waals surface area contributed by atoms with Crippen molar-refractivity contribution in [2.24, 2.45) is 0 Å². The molecule has 0 spiro atoms. The van der Waals surface area contributed by atoms with Crippen molar-refractivity contribution in [3.05, 3.63) is 41.7 Å². The van der Waals surface area contributed by atoms with Gasteiger partial charge in [0, 0.05) is 34.2 Å². The first-order valence-electron chi connectivity index (χ1n) is 10.2. The fourth-order valence-corrected chi connectivity index (χ4v) is 5.02. The highest BCUT2D eigenvalue weighted by molar-refractivity contribution is 7.22. The first kappa shape index (κ1) is 20.7. The lowest BCUT2D eigenvalue weighted by Crippen LogP contribution is -2.36. The summed E-state index contributed by atoms with van der Waals surface area (Å²) in [6.07, 6.45) is 3.21. The van der Waals surface area contributed by atoms with E-state index in [-0.39, 0.29) is 11.8 Å². The lowest BCUT2D eigenvalue weighted by Gasteiger charge is -2.22. The van der Waals surface area contributed by atoms with Gasteiger partial charge < -0.3 is 14.5 Å². The summed E-state index contributed by atoms with van der Waals surface area (Å²) in [4.78, 5) is 31.1. The Morgan fingerprint density at radius 3 is 2.77 bits per heavy atom. The third kappa shape index (κ3) is 4.29. The van der Waals surface area contributed by atoms with Gasteiger partial charge in [0.25, 0.3) is 0 Å². The minimum atomic E-state index is -0.108. The zero-order chi connectivity index (χ0) is 21.1. The number of hydrogen-bond donors (Lipinski definition) is 0. The van der Waals surface area contributed by atoms with E-state index < -0.39 is 0 Å². The Labute approximate surface area is 180 Å². The Morgan fingerprint density at radius 2 is 2.03 bits per heavy atom. The molecule has 0 aliphatic carbocycles. The second kappa shape index (κ2) is 9.06. The first-order chi connectivity index (χ1) is 14.6. The second-order valence-corrected chi connectivity index (χ2v) is 8.72. The van der Waals surface area contributed by atoms with Crippen molar-refractivity contribution in [1.29, 1.82) is 0 Å². The number of carbonyl (C=O) groups excluding carboxylic acids is 1. The zero-order valence-electron chi connectivity index (χ0n) is 17.7. The molecule has 1 atom stereocenters. The topological polar surface area (TPSA) is 71.5 Å². The molecule has 8 heteroatoms. The van der Waals surface area contributed by atoms with Gasteiger partial charge in [0.05, 0.1) is 6.04 Å². The Kier molecular flexibility index (Phi) is 6.24. The van der Waals surface area contributed by atoms with Crippen LogP contribution in [-0.4, -0.2) is 54.5 Å². The minimum absolute atomic E-state index is 0.108. The molecule has 3 heterocycles. The summed E-state index contributed by atoms with van der Waals surface area (Å²) in [5, 5.41) is 0.854. The number of fused-ring (bicyclic) bond motifs is 1. The van der Waals surface area contributed by atoms with Gasteiger partial charge >= 0.3 is 0 Å². The number of ether oxygens (including phenoxy) is 1. The van der Waals surface area contributed by atoms with Gasteiger partial charge in [-0.15, -0.1) is 0 Å². The fourth-order valence-electron chi connectivity index (χ4n) is 3.87. The molecular formula is C22H27N5O2S. The van der Waals surface area contributed by atoms with E-state index in [1.165, 1.54) is 5.56 Å². The van der Waals surface area contributed by atoms with Crippen LogP contribution in [0.1, 0.15) is 30.7 Å². The number of anilines is 2. The molecular weight excluding hydrogens is 398 g/mol. The number of aryl methyl sites for hydroxylation is 1. The lowest BCUT2D eigenvalue weighted by molar-refractivity contribution is -0.120. The lowest BCUT2D eigenvalue weighted by atomic mass is 10.0. The number of benzene rings is 1. The van der Waals surface area contributed by atoms with Crippen molar-refractivity contribution >= 4 is 38.4 Å². The van der Waals surface area contributed by atoms with E-state index in [0.717, 1.165) is 41.5 Å². The van der Waals surface area contributed by atoms with E-state index in [9.17, 15) is 4.79 Å². The predicted octanol–water partition coefficient (Wildman–Crippen LogP) is 3.47. The maximum atomic E-state index is 13.0. The summed E-state index contributed by atoms with van der Waals surface area (Å²) in [6.45, 7) is 1.19. The average molecular weight is 426 g/mol.